The number of hydrogen-bond acceptors (Lipinski definition) is 4. The number of likely N-dealkylation sites (tertiary alicyclic amines) is 1. The Morgan fingerprint density at radius 2 is 1.76 bits per heavy atom. The molecule has 34 heavy (non-hydrogen) atoms. The smallest absolute Gasteiger partial charge is 0.233 e. The molecule has 1 saturated heterocycles. The van der Waals surface area contributed by atoms with Gasteiger partial charge in [0.25, 0.3) is 0 Å². The second-order valence-corrected chi connectivity index (χ2v) is 8.98. The predicted octanol–water partition coefficient (Wildman–Crippen LogP) is 2.41. The van der Waals surface area contributed by atoms with Crippen molar-refractivity contribution in [1.82, 2.24) is 25.3 Å². The molecule has 3 aliphatic rings. The van der Waals surface area contributed by atoms with Gasteiger partial charge in [0.1, 0.15) is 0 Å². The maximum atomic E-state index is 12.8. The largest absolute Gasteiger partial charge is 0.357 e. The Morgan fingerprint density at radius 1 is 1.06 bits per heavy atom. The third-order valence-electron chi connectivity index (χ3n) is 6.83. The average Bonchev–Trinajstić information content (AvgIpc) is 3.59. The average molecular weight is 574 g/mol. The van der Waals surface area contributed by atoms with Crippen molar-refractivity contribution in [2.45, 2.75) is 26.4 Å². The van der Waals surface area contributed by atoms with E-state index in [0.717, 1.165) is 25.1 Å². The number of carbonyl (C=O) groups is 2. The molecular formula is C25H31IN6O2. The van der Waals surface area contributed by atoms with Gasteiger partial charge < -0.3 is 10.6 Å². The Morgan fingerprint density at radius 3 is 2.44 bits per heavy atom. The van der Waals surface area contributed by atoms with Crippen LogP contribution >= 0.6 is 24.0 Å². The highest BCUT2D eigenvalue weighted by Gasteiger charge is 2.58. The molecule has 4 atom stereocenters. The number of nitrogens with one attached hydrogen (secondary N) is 2. The monoisotopic (exact) mass is 574 g/mol. The van der Waals surface area contributed by atoms with E-state index in [2.05, 4.69) is 45.0 Å². The van der Waals surface area contributed by atoms with Crippen LogP contribution in [0.15, 0.2) is 59.9 Å². The molecule has 1 aromatic carbocycles. The molecule has 1 saturated carbocycles. The molecule has 8 nitrogen and oxygen atoms in total. The molecule has 2 aliphatic carbocycles. The lowest BCUT2D eigenvalue weighted by atomic mass is 9.85. The summed E-state index contributed by atoms with van der Waals surface area (Å²) in [5.74, 6) is 0.873. The number of guanidine groups is 1. The highest BCUT2D eigenvalue weighted by atomic mass is 127. The Labute approximate surface area is 216 Å². The van der Waals surface area contributed by atoms with Crippen LogP contribution in [0.25, 0.3) is 0 Å². The zero-order valence-corrected chi connectivity index (χ0v) is 21.6. The minimum absolute atomic E-state index is 0. The first-order chi connectivity index (χ1) is 16.1. The first-order valence-corrected chi connectivity index (χ1v) is 11.7. The van der Waals surface area contributed by atoms with Crippen molar-refractivity contribution in [3.05, 3.63) is 66.0 Å². The van der Waals surface area contributed by atoms with Gasteiger partial charge in [-0.1, -0.05) is 42.5 Å². The number of aromatic nitrogens is 2. The number of allylic oxidation sites excluding steroid dienone is 2. The van der Waals surface area contributed by atoms with Gasteiger partial charge in [-0.15, -0.1) is 24.0 Å². The number of hydrogen-bond donors (Lipinski definition) is 2. The van der Waals surface area contributed by atoms with E-state index in [1.165, 1.54) is 10.5 Å². The summed E-state index contributed by atoms with van der Waals surface area (Å²) in [5.41, 5.74) is 2.22. The zero-order chi connectivity index (χ0) is 22.8. The van der Waals surface area contributed by atoms with E-state index >= 15 is 0 Å². The Bertz CT molecular complexity index is 1050. The number of aliphatic imine (C=N–C) groups is 1. The highest BCUT2D eigenvalue weighted by molar-refractivity contribution is 14.0. The Balaban J connectivity index is 0.00000274. The van der Waals surface area contributed by atoms with Gasteiger partial charge >= 0.3 is 0 Å². The lowest BCUT2D eigenvalue weighted by Gasteiger charge is -2.18. The van der Waals surface area contributed by atoms with Gasteiger partial charge in [0.05, 0.1) is 31.1 Å². The predicted molar refractivity (Wildman–Crippen MR) is 140 cm³/mol. The Kier molecular flexibility index (Phi) is 7.70. The molecule has 2 N–H and O–H groups in total. The SMILES string of the molecule is CCNC(=NCc1cnn(Cc2ccccc2)c1)NCCN1C(=O)C2C3C=CC(C3)C2C1=O.I. The maximum absolute atomic E-state index is 12.8. The number of imide groups is 1. The number of nitrogens with zero attached hydrogens (tertiary/aromatic N) is 4. The summed E-state index contributed by atoms with van der Waals surface area (Å²) in [6.07, 6.45) is 9.03. The number of benzene rings is 1. The van der Waals surface area contributed by atoms with E-state index in [9.17, 15) is 9.59 Å². The highest BCUT2D eigenvalue weighted by Crippen LogP contribution is 2.52. The number of rotatable bonds is 8. The van der Waals surface area contributed by atoms with Gasteiger partial charge in [-0.25, -0.2) is 4.99 Å². The molecule has 2 amide bonds. The van der Waals surface area contributed by atoms with Gasteiger partial charge in [-0.2, -0.15) is 5.10 Å². The van der Waals surface area contributed by atoms with Crippen molar-refractivity contribution in [1.29, 1.82) is 0 Å². The molecular weight excluding hydrogens is 543 g/mol. The molecule has 2 fully saturated rings. The lowest BCUT2D eigenvalue weighted by molar-refractivity contribution is -0.140. The summed E-state index contributed by atoms with van der Waals surface area (Å²) >= 11 is 0. The molecule has 2 heterocycles. The number of fused-ring (bicyclic) bond motifs is 5. The molecule has 5 rings (SSSR count). The second kappa shape index (κ2) is 10.7. The van der Waals surface area contributed by atoms with Gasteiger partial charge in [0.2, 0.25) is 11.8 Å². The van der Waals surface area contributed by atoms with E-state index in [1.54, 1.807) is 0 Å². The molecule has 1 aliphatic heterocycles. The molecule has 0 spiro atoms. The molecule has 0 radical (unpaired) electrons. The maximum Gasteiger partial charge on any atom is 0.233 e. The zero-order valence-electron chi connectivity index (χ0n) is 19.3. The van der Waals surface area contributed by atoms with Crippen LogP contribution in [0.3, 0.4) is 0 Å². The molecule has 9 heteroatoms. The first-order valence-electron chi connectivity index (χ1n) is 11.7. The van der Waals surface area contributed by atoms with Crippen molar-refractivity contribution in [2.24, 2.45) is 28.7 Å². The summed E-state index contributed by atoms with van der Waals surface area (Å²) in [7, 11) is 0. The third kappa shape index (κ3) is 4.89. The summed E-state index contributed by atoms with van der Waals surface area (Å²) < 4.78 is 1.91. The van der Waals surface area contributed by atoms with E-state index in [4.69, 9.17) is 0 Å². The molecule has 2 aromatic rings. The number of amides is 2. The Hall–Kier alpha value is -2.69. The minimum atomic E-state index is -0.137. The molecule has 2 bridgehead atoms. The lowest BCUT2D eigenvalue weighted by Crippen LogP contribution is -2.43. The van der Waals surface area contributed by atoms with E-state index < -0.39 is 0 Å². The van der Waals surface area contributed by atoms with Gasteiger partial charge in [-0.3, -0.25) is 19.2 Å². The molecule has 180 valence electrons. The van der Waals surface area contributed by atoms with Gasteiger partial charge in [-0.05, 0) is 30.7 Å². The fourth-order valence-electron chi connectivity index (χ4n) is 5.33. The second-order valence-electron chi connectivity index (χ2n) is 8.98. The van der Waals surface area contributed by atoms with Crippen molar-refractivity contribution in [3.63, 3.8) is 0 Å². The van der Waals surface area contributed by atoms with Gasteiger partial charge in [0.15, 0.2) is 5.96 Å². The van der Waals surface area contributed by atoms with Crippen LogP contribution in [0.1, 0.15) is 24.5 Å². The number of halogens is 1. The third-order valence-corrected chi connectivity index (χ3v) is 6.83. The molecule has 1 aromatic heterocycles. The van der Waals surface area contributed by atoms with Crippen molar-refractivity contribution in [2.75, 3.05) is 19.6 Å². The number of carbonyl (C=O) groups excluding carboxylic acids is 2. The normalized spacial score (nSPS) is 25.0. The van der Waals surface area contributed by atoms with Crippen LogP contribution in [0.2, 0.25) is 0 Å². The van der Waals surface area contributed by atoms with Crippen molar-refractivity contribution < 1.29 is 9.59 Å². The van der Waals surface area contributed by atoms with Gasteiger partial charge in [0, 0.05) is 31.4 Å². The fourth-order valence-corrected chi connectivity index (χ4v) is 5.33. The van der Waals surface area contributed by atoms with E-state index in [-0.39, 0.29) is 59.5 Å². The topological polar surface area (TPSA) is 91.6 Å². The molecule has 4 unspecified atom stereocenters. The quantitative estimate of drug-likeness (QED) is 0.166. The van der Waals surface area contributed by atoms with Crippen LogP contribution in [0, 0.1) is 23.7 Å². The fraction of sp³-hybridized carbons (Fsp3) is 0.440. The minimum Gasteiger partial charge on any atom is -0.357 e. The van der Waals surface area contributed by atoms with E-state index in [0.29, 0.717) is 25.6 Å². The summed E-state index contributed by atoms with van der Waals surface area (Å²) in [6, 6.07) is 10.2. The van der Waals surface area contributed by atoms with Crippen LogP contribution in [0.4, 0.5) is 0 Å². The van der Waals surface area contributed by atoms with Crippen LogP contribution < -0.4 is 10.6 Å². The van der Waals surface area contributed by atoms with Crippen molar-refractivity contribution >= 4 is 41.8 Å². The summed E-state index contributed by atoms with van der Waals surface area (Å²) in [6.45, 7) is 4.78. The summed E-state index contributed by atoms with van der Waals surface area (Å²) in [4.78, 5) is 31.7. The summed E-state index contributed by atoms with van der Waals surface area (Å²) in [5, 5.41) is 10.9. The van der Waals surface area contributed by atoms with Crippen LogP contribution in [0.5, 0.6) is 0 Å². The van der Waals surface area contributed by atoms with Crippen LogP contribution in [-0.4, -0.2) is 52.1 Å². The first kappa shape index (κ1) is 24.4. The van der Waals surface area contributed by atoms with Crippen molar-refractivity contribution in [3.8, 4) is 0 Å². The van der Waals surface area contributed by atoms with E-state index in [1.807, 2.05) is 42.2 Å². The standard InChI is InChI=1S/C25H30N6O2.HI/c1-2-26-25(28-13-18-14-29-30(16-18)15-17-6-4-3-5-7-17)27-10-11-31-23(32)21-19-8-9-20(12-19)22(21)24(31)33;/h3-9,14,16,19-22H,2,10-13,15H2,1H3,(H2,26,27,28);1H. The van der Waals surface area contributed by atoms with Crippen LogP contribution in [-0.2, 0) is 22.7 Å².